The van der Waals surface area contributed by atoms with Gasteiger partial charge in [-0.05, 0) is 38.8 Å². The van der Waals surface area contributed by atoms with Crippen molar-refractivity contribution in [3.63, 3.8) is 0 Å². The Balaban J connectivity index is 1.69. The van der Waals surface area contributed by atoms with E-state index in [2.05, 4.69) is 11.9 Å². The van der Waals surface area contributed by atoms with E-state index in [-0.39, 0.29) is 11.4 Å². The summed E-state index contributed by atoms with van der Waals surface area (Å²) >= 11 is 0. The van der Waals surface area contributed by atoms with E-state index in [1.165, 1.54) is 39.2 Å². The molecular formula is C14H25NO2. The lowest BCUT2D eigenvalue weighted by atomic mass is 10.0. The largest absolute Gasteiger partial charge is 0.469 e. The third-order valence-electron chi connectivity index (χ3n) is 4.44. The number of rotatable bonds is 6. The van der Waals surface area contributed by atoms with Crippen LogP contribution in [0.15, 0.2) is 0 Å². The maximum Gasteiger partial charge on any atom is 0.313 e. The van der Waals surface area contributed by atoms with Crippen molar-refractivity contribution in [2.75, 3.05) is 27.2 Å². The van der Waals surface area contributed by atoms with E-state index in [9.17, 15) is 4.79 Å². The molecule has 0 bridgehead atoms. The minimum absolute atomic E-state index is 0.00906. The lowest BCUT2D eigenvalue weighted by molar-refractivity contribution is -0.147. The van der Waals surface area contributed by atoms with E-state index in [1.54, 1.807) is 0 Å². The molecule has 2 aliphatic rings. The van der Waals surface area contributed by atoms with Crippen LogP contribution in [-0.4, -0.2) is 38.1 Å². The van der Waals surface area contributed by atoms with Crippen LogP contribution in [0.4, 0.5) is 0 Å². The van der Waals surface area contributed by atoms with Gasteiger partial charge in [-0.15, -0.1) is 0 Å². The Morgan fingerprint density at radius 3 is 2.53 bits per heavy atom. The zero-order valence-corrected chi connectivity index (χ0v) is 11.2. The van der Waals surface area contributed by atoms with Gasteiger partial charge in [0.1, 0.15) is 0 Å². The van der Waals surface area contributed by atoms with Crippen molar-refractivity contribution in [3.8, 4) is 0 Å². The number of carbonyl (C=O) groups excluding carboxylic acids is 1. The Morgan fingerprint density at radius 2 is 2.00 bits per heavy atom. The molecule has 0 N–H and O–H groups in total. The fraction of sp³-hybridized carbons (Fsp3) is 0.929. The third-order valence-corrected chi connectivity index (χ3v) is 4.44. The van der Waals surface area contributed by atoms with E-state index in [0.717, 1.165) is 31.8 Å². The maximum absolute atomic E-state index is 11.6. The highest BCUT2D eigenvalue weighted by Gasteiger charge is 2.51. The van der Waals surface area contributed by atoms with Gasteiger partial charge >= 0.3 is 5.97 Å². The molecule has 0 atom stereocenters. The maximum atomic E-state index is 11.6. The third kappa shape index (κ3) is 3.21. The van der Waals surface area contributed by atoms with Crippen LogP contribution in [0.2, 0.25) is 0 Å². The summed E-state index contributed by atoms with van der Waals surface area (Å²) in [4.78, 5) is 14.0. The summed E-state index contributed by atoms with van der Waals surface area (Å²) in [7, 11) is 3.64. The lowest BCUT2D eigenvalue weighted by Gasteiger charge is -2.23. The highest BCUT2D eigenvalue weighted by Crippen LogP contribution is 2.47. The van der Waals surface area contributed by atoms with Crippen LogP contribution < -0.4 is 0 Å². The summed E-state index contributed by atoms with van der Waals surface area (Å²) in [5.74, 6) is 0.927. The molecule has 0 spiro atoms. The second-order valence-electron chi connectivity index (χ2n) is 5.95. The van der Waals surface area contributed by atoms with E-state index >= 15 is 0 Å². The van der Waals surface area contributed by atoms with Gasteiger partial charge in [0.05, 0.1) is 12.5 Å². The van der Waals surface area contributed by atoms with Gasteiger partial charge in [0, 0.05) is 6.54 Å². The molecule has 0 radical (unpaired) electrons. The predicted molar refractivity (Wildman–Crippen MR) is 67.8 cm³/mol. The van der Waals surface area contributed by atoms with E-state index in [1.807, 2.05) is 0 Å². The SMILES string of the molecule is COC(=O)C1(CN(C)CCC2CCCC2)CC1. The Morgan fingerprint density at radius 1 is 1.35 bits per heavy atom. The highest BCUT2D eigenvalue weighted by atomic mass is 16.5. The molecular weight excluding hydrogens is 214 g/mol. The van der Waals surface area contributed by atoms with Gasteiger partial charge in [0.25, 0.3) is 0 Å². The van der Waals surface area contributed by atoms with Crippen LogP contribution in [0, 0.1) is 11.3 Å². The normalized spacial score (nSPS) is 23.0. The predicted octanol–water partition coefficient (Wildman–Crippen LogP) is 2.45. The molecule has 17 heavy (non-hydrogen) atoms. The zero-order valence-electron chi connectivity index (χ0n) is 11.2. The molecule has 0 aliphatic heterocycles. The molecule has 0 aromatic rings. The van der Waals surface area contributed by atoms with Gasteiger partial charge < -0.3 is 9.64 Å². The molecule has 0 aromatic heterocycles. The second kappa shape index (κ2) is 5.38. The topological polar surface area (TPSA) is 29.5 Å². The number of nitrogens with zero attached hydrogens (tertiary/aromatic N) is 1. The first-order valence-corrected chi connectivity index (χ1v) is 6.93. The zero-order chi connectivity index (χ0) is 12.3. The molecule has 0 heterocycles. The Kier molecular flexibility index (Phi) is 4.08. The van der Waals surface area contributed by atoms with Gasteiger partial charge in [0.2, 0.25) is 0 Å². The van der Waals surface area contributed by atoms with Crippen LogP contribution in [0.1, 0.15) is 44.9 Å². The summed E-state index contributed by atoms with van der Waals surface area (Å²) in [6.45, 7) is 2.01. The van der Waals surface area contributed by atoms with Crippen molar-refractivity contribution >= 4 is 5.97 Å². The standard InChI is InChI=1S/C14H25NO2/c1-15(10-7-12-5-3-4-6-12)11-14(8-9-14)13(16)17-2/h12H,3-11H2,1-2H3. The Hall–Kier alpha value is -0.570. The first-order valence-electron chi connectivity index (χ1n) is 6.93. The molecule has 2 saturated carbocycles. The number of hydrogen-bond acceptors (Lipinski definition) is 3. The van der Waals surface area contributed by atoms with Crippen LogP contribution in [-0.2, 0) is 9.53 Å². The molecule has 3 heteroatoms. The summed E-state index contributed by atoms with van der Waals surface area (Å²) in [5.41, 5.74) is -0.154. The number of hydrogen-bond donors (Lipinski definition) is 0. The van der Waals surface area contributed by atoms with Crippen LogP contribution in [0.3, 0.4) is 0 Å². The van der Waals surface area contributed by atoms with Gasteiger partial charge in [-0.3, -0.25) is 4.79 Å². The minimum Gasteiger partial charge on any atom is -0.469 e. The smallest absolute Gasteiger partial charge is 0.313 e. The average Bonchev–Trinajstić information content (AvgIpc) is 2.92. The molecule has 0 aromatic carbocycles. The molecule has 0 unspecified atom stereocenters. The van der Waals surface area contributed by atoms with Gasteiger partial charge in [0.15, 0.2) is 0 Å². The van der Waals surface area contributed by atoms with Crippen LogP contribution in [0.5, 0.6) is 0 Å². The van der Waals surface area contributed by atoms with Crippen molar-refractivity contribution < 1.29 is 9.53 Å². The molecule has 3 nitrogen and oxygen atoms in total. The van der Waals surface area contributed by atoms with E-state index < -0.39 is 0 Å². The minimum atomic E-state index is -0.154. The van der Waals surface area contributed by atoms with Crippen LogP contribution in [0.25, 0.3) is 0 Å². The average molecular weight is 239 g/mol. The highest BCUT2D eigenvalue weighted by molar-refractivity contribution is 5.80. The van der Waals surface area contributed by atoms with Crippen molar-refractivity contribution in [2.45, 2.75) is 44.9 Å². The first kappa shape index (κ1) is 12.9. The monoisotopic (exact) mass is 239 g/mol. The lowest BCUT2D eigenvalue weighted by Crippen LogP contribution is -2.33. The molecule has 98 valence electrons. The van der Waals surface area contributed by atoms with Crippen molar-refractivity contribution in [1.29, 1.82) is 0 Å². The van der Waals surface area contributed by atoms with E-state index in [4.69, 9.17) is 4.74 Å². The summed E-state index contributed by atoms with van der Waals surface area (Å²) in [5, 5.41) is 0. The molecule has 2 fully saturated rings. The first-order chi connectivity index (χ1) is 8.16. The number of esters is 1. The van der Waals surface area contributed by atoms with Crippen molar-refractivity contribution in [3.05, 3.63) is 0 Å². The van der Waals surface area contributed by atoms with Crippen molar-refractivity contribution in [2.24, 2.45) is 11.3 Å². The summed E-state index contributed by atoms with van der Waals surface area (Å²) in [6, 6.07) is 0. The Bertz CT molecular complexity index is 267. The fourth-order valence-corrected chi connectivity index (χ4v) is 3.09. The van der Waals surface area contributed by atoms with Gasteiger partial charge in [-0.25, -0.2) is 0 Å². The van der Waals surface area contributed by atoms with E-state index in [0.29, 0.717) is 0 Å². The molecule has 2 rings (SSSR count). The molecule has 0 saturated heterocycles. The van der Waals surface area contributed by atoms with Crippen LogP contribution >= 0.6 is 0 Å². The number of methoxy groups -OCH3 is 1. The van der Waals surface area contributed by atoms with Gasteiger partial charge in [-0.1, -0.05) is 25.7 Å². The van der Waals surface area contributed by atoms with Crippen molar-refractivity contribution in [1.82, 2.24) is 4.90 Å². The fourth-order valence-electron chi connectivity index (χ4n) is 3.09. The molecule has 0 amide bonds. The Labute approximate surface area is 105 Å². The summed E-state index contributed by atoms with van der Waals surface area (Å²) < 4.78 is 4.89. The molecule has 2 aliphatic carbocycles. The number of carbonyl (C=O) groups is 1. The van der Waals surface area contributed by atoms with Gasteiger partial charge in [-0.2, -0.15) is 0 Å². The number of ether oxygens (including phenoxy) is 1. The summed E-state index contributed by atoms with van der Waals surface area (Å²) in [6.07, 6.45) is 8.97. The second-order valence-corrected chi connectivity index (χ2v) is 5.95. The quantitative estimate of drug-likeness (QED) is 0.667.